The normalized spacial score (nSPS) is 24.1. The molecule has 2 rings (SSSR count). The highest BCUT2D eigenvalue weighted by atomic mass is 32.2. The van der Waals surface area contributed by atoms with E-state index in [1.54, 1.807) is 7.05 Å². The van der Waals surface area contributed by atoms with E-state index in [2.05, 4.69) is 20.1 Å². The molecule has 2 fully saturated rings. The molecule has 9 nitrogen and oxygen atoms in total. The number of nitrogens with one attached hydrogen (secondary N) is 1. The summed E-state index contributed by atoms with van der Waals surface area (Å²) in [5, 5.41) is 3.37. The molecule has 26 heavy (non-hydrogen) atoms. The van der Waals surface area contributed by atoms with Crippen molar-refractivity contribution in [3.63, 3.8) is 0 Å². The molecule has 2 aliphatic heterocycles. The number of carbonyl (C=O) groups excluding carboxylic acids is 1. The Morgan fingerprint density at radius 3 is 2.31 bits per heavy atom. The summed E-state index contributed by atoms with van der Waals surface area (Å²) in [5.74, 6) is 0.793. The Morgan fingerprint density at radius 2 is 1.85 bits per heavy atom. The quantitative estimate of drug-likeness (QED) is 0.448. The van der Waals surface area contributed by atoms with Gasteiger partial charge in [-0.3, -0.25) is 14.7 Å². The van der Waals surface area contributed by atoms with Crippen LogP contribution < -0.4 is 11.1 Å². The van der Waals surface area contributed by atoms with E-state index in [0.29, 0.717) is 19.6 Å². The summed E-state index contributed by atoms with van der Waals surface area (Å²) in [7, 11) is -1.36. The van der Waals surface area contributed by atoms with Crippen LogP contribution >= 0.6 is 0 Å². The van der Waals surface area contributed by atoms with E-state index in [1.807, 2.05) is 13.8 Å². The zero-order chi connectivity index (χ0) is 19.5. The van der Waals surface area contributed by atoms with Gasteiger partial charge in [0.1, 0.15) is 0 Å². The summed E-state index contributed by atoms with van der Waals surface area (Å²) < 4.78 is 24.8. The standard InChI is InChI=1S/C16H32N6O3S/c1-16(2,14(17)23)21-9-7-20(8-10-21)15(18-3)19-11-13-5-6-22(12-13)26(4,24)25/h13H,5-12H2,1-4H3,(H2,17,23)(H,18,19). The molecule has 0 radical (unpaired) electrons. The number of rotatable bonds is 5. The van der Waals surface area contributed by atoms with Crippen LogP contribution in [0.1, 0.15) is 20.3 Å². The van der Waals surface area contributed by atoms with E-state index in [0.717, 1.165) is 38.6 Å². The average Bonchev–Trinajstić information content (AvgIpc) is 3.05. The maximum Gasteiger partial charge on any atom is 0.237 e. The Bertz CT molecular complexity index is 640. The molecule has 0 spiro atoms. The van der Waals surface area contributed by atoms with Crippen molar-refractivity contribution in [1.29, 1.82) is 0 Å². The van der Waals surface area contributed by atoms with Crippen molar-refractivity contribution >= 4 is 21.9 Å². The van der Waals surface area contributed by atoms with E-state index in [1.165, 1.54) is 10.6 Å². The van der Waals surface area contributed by atoms with Crippen molar-refractivity contribution in [2.75, 3.05) is 59.1 Å². The molecule has 0 aliphatic carbocycles. The lowest BCUT2D eigenvalue weighted by Gasteiger charge is -2.43. The van der Waals surface area contributed by atoms with E-state index in [4.69, 9.17) is 5.73 Å². The van der Waals surface area contributed by atoms with Crippen molar-refractivity contribution in [2.24, 2.45) is 16.6 Å². The largest absolute Gasteiger partial charge is 0.368 e. The summed E-state index contributed by atoms with van der Waals surface area (Å²) in [6, 6.07) is 0. The number of amides is 1. The second-order valence-corrected chi connectivity index (χ2v) is 9.58. The third-order valence-corrected chi connectivity index (χ3v) is 6.72. The minimum Gasteiger partial charge on any atom is -0.368 e. The Balaban J connectivity index is 1.83. The van der Waals surface area contributed by atoms with E-state index >= 15 is 0 Å². The Hall–Kier alpha value is -1.39. The van der Waals surface area contributed by atoms with Gasteiger partial charge in [0, 0.05) is 52.9 Å². The first-order valence-corrected chi connectivity index (χ1v) is 10.9. The van der Waals surface area contributed by atoms with Crippen LogP contribution in [0.15, 0.2) is 4.99 Å². The Morgan fingerprint density at radius 1 is 1.23 bits per heavy atom. The van der Waals surface area contributed by atoms with Gasteiger partial charge in [0.25, 0.3) is 0 Å². The molecule has 2 aliphatic rings. The van der Waals surface area contributed by atoms with Crippen molar-refractivity contribution in [2.45, 2.75) is 25.8 Å². The number of nitrogens with two attached hydrogens (primary N) is 1. The third kappa shape index (κ3) is 4.86. The molecule has 2 heterocycles. The highest BCUT2D eigenvalue weighted by Crippen LogP contribution is 2.19. The fraction of sp³-hybridized carbons (Fsp3) is 0.875. The van der Waals surface area contributed by atoms with Crippen molar-refractivity contribution in [3.8, 4) is 0 Å². The van der Waals surface area contributed by atoms with Crippen LogP contribution in [-0.4, -0.2) is 99.0 Å². The Kier molecular flexibility index (Phi) is 6.51. The minimum atomic E-state index is -3.11. The highest BCUT2D eigenvalue weighted by molar-refractivity contribution is 7.88. The fourth-order valence-electron chi connectivity index (χ4n) is 3.47. The van der Waals surface area contributed by atoms with Crippen molar-refractivity contribution in [3.05, 3.63) is 0 Å². The van der Waals surface area contributed by atoms with Gasteiger partial charge in [-0.05, 0) is 26.2 Å². The molecule has 0 saturated carbocycles. The molecule has 2 saturated heterocycles. The topological polar surface area (TPSA) is 111 Å². The fourth-order valence-corrected chi connectivity index (χ4v) is 4.38. The van der Waals surface area contributed by atoms with Gasteiger partial charge >= 0.3 is 0 Å². The van der Waals surface area contributed by atoms with Gasteiger partial charge in [-0.1, -0.05) is 0 Å². The second kappa shape index (κ2) is 8.10. The number of hydrogen-bond acceptors (Lipinski definition) is 5. The molecule has 1 amide bonds. The third-order valence-electron chi connectivity index (χ3n) is 5.45. The summed E-state index contributed by atoms with van der Waals surface area (Å²) in [6.45, 7) is 8.55. The number of aliphatic imine (C=N–C) groups is 1. The molecule has 0 aromatic heterocycles. The van der Waals surface area contributed by atoms with Crippen molar-refractivity contribution < 1.29 is 13.2 Å². The lowest BCUT2D eigenvalue weighted by Crippen LogP contribution is -2.61. The number of primary amides is 1. The molecule has 1 atom stereocenters. The van der Waals surface area contributed by atoms with Crippen LogP contribution in [0.2, 0.25) is 0 Å². The predicted octanol–water partition coefficient (Wildman–Crippen LogP) is -1.28. The van der Waals surface area contributed by atoms with E-state index < -0.39 is 15.6 Å². The monoisotopic (exact) mass is 388 g/mol. The number of hydrogen-bond donors (Lipinski definition) is 2. The first-order valence-electron chi connectivity index (χ1n) is 9.01. The molecule has 10 heteroatoms. The van der Waals surface area contributed by atoms with Gasteiger partial charge in [-0.15, -0.1) is 0 Å². The lowest BCUT2D eigenvalue weighted by atomic mass is 10.0. The average molecular weight is 389 g/mol. The predicted molar refractivity (Wildman–Crippen MR) is 102 cm³/mol. The van der Waals surface area contributed by atoms with Gasteiger partial charge in [0.05, 0.1) is 11.8 Å². The number of carbonyl (C=O) groups is 1. The zero-order valence-corrected chi connectivity index (χ0v) is 17.0. The number of nitrogens with zero attached hydrogens (tertiary/aromatic N) is 4. The minimum absolute atomic E-state index is 0.288. The van der Waals surface area contributed by atoms with E-state index in [-0.39, 0.29) is 11.8 Å². The number of guanidine groups is 1. The maximum absolute atomic E-state index is 11.6. The zero-order valence-electron chi connectivity index (χ0n) is 16.2. The summed E-state index contributed by atoms with van der Waals surface area (Å²) in [6.07, 6.45) is 2.12. The summed E-state index contributed by atoms with van der Waals surface area (Å²) in [5.41, 5.74) is 4.85. The molecule has 0 aromatic carbocycles. The first-order chi connectivity index (χ1) is 12.1. The van der Waals surface area contributed by atoms with Crippen LogP contribution in [0.5, 0.6) is 0 Å². The number of sulfonamides is 1. The first kappa shape index (κ1) is 20.9. The van der Waals surface area contributed by atoms with Crippen LogP contribution in [0.25, 0.3) is 0 Å². The van der Waals surface area contributed by atoms with E-state index in [9.17, 15) is 13.2 Å². The van der Waals surface area contributed by atoms with Gasteiger partial charge < -0.3 is 16.0 Å². The van der Waals surface area contributed by atoms with Gasteiger partial charge in [0.15, 0.2) is 5.96 Å². The molecule has 3 N–H and O–H groups in total. The summed E-state index contributed by atoms with van der Waals surface area (Å²) in [4.78, 5) is 20.2. The molecular formula is C16H32N6O3S. The maximum atomic E-state index is 11.6. The lowest BCUT2D eigenvalue weighted by molar-refractivity contribution is -0.129. The molecule has 1 unspecified atom stereocenters. The molecule has 0 aromatic rings. The van der Waals surface area contributed by atoms with Gasteiger partial charge in [-0.2, -0.15) is 0 Å². The van der Waals surface area contributed by atoms with Crippen LogP contribution in [-0.2, 0) is 14.8 Å². The van der Waals surface area contributed by atoms with Gasteiger partial charge in [0.2, 0.25) is 15.9 Å². The molecule has 0 bridgehead atoms. The SMILES string of the molecule is CN=C(NCC1CCN(S(C)(=O)=O)C1)N1CCN(C(C)(C)C(N)=O)CC1. The smallest absolute Gasteiger partial charge is 0.237 e. The number of piperazine rings is 1. The summed E-state index contributed by atoms with van der Waals surface area (Å²) >= 11 is 0. The van der Waals surface area contributed by atoms with Gasteiger partial charge in [-0.25, -0.2) is 12.7 Å². The highest BCUT2D eigenvalue weighted by Gasteiger charge is 2.35. The Labute approximate surface area is 156 Å². The van der Waals surface area contributed by atoms with Crippen LogP contribution in [0.3, 0.4) is 0 Å². The molecular weight excluding hydrogens is 356 g/mol. The second-order valence-electron chi connectivity index (χ2n) is 7.60. The van der Waals surface area contributed by atoms with Crippen molar-refractivity contribution in [1.82, 2.24) is 19.4 Å². The molecule has 150 valence electrons. The van der Waals surface area contributed by atoms with Crippen LogP contribution in [0, 0.1) is 5.92 Å². The van der Waals surface area contributed by atoms with Crippen LogP contribution in [0.4, 0.5) is 0 Å².